The van der Waals surface area contributed by atoms with E-state index in [1.165, 1.54) is 12.8 Å². The van der Waals surface area contributed by atoms with Gasteiger partial charge in [0.15, 0.2) is 5.96 Å². The summed E-state index contributed by atoms with van der Waals surface area (Å²) >= 11 is 1.65. The maximum Gasteiger partial charge on any atom is 0.191 e. The van der Waals surface area contributed by atoms with E-state index >= 15 is 0 Å². The van der Waals surface area contributed by atoms with Crippen LogP contribution in [0.5, 0.6) is 0 Å². The largest absolute Gasteiger partial charge is 0.370 e. The first-order chi connectivity index (χ1) is 9.74. The van der Waals surface area contributed by atoms with Crippen LogP contribution in [0.2, 0.25) is 0 Å². The molecule has 104 valence electrons. The van der Waals surface area contributed by atoms with E-state index in [9.17, 15) is 0 Å². The zero-order valence-corrected chi connectivity index (χ0v) is 12.3. The van der Waals surface area contributed by atoms with Crippen molar-refractivity contribution in [2.45, 2.75) is 25.4 Å². The summed E-state index contributed by atoms with van der Waals surface area (Å²) in [5, 5.41) is 3.08. The van der Waals surface area contributed by atoms with Crippen LogP contribution in [0, 0.1) is 0 Å². The van der Waals surface area contributed by atoms with E-state index in [1.54, 1.807) is 11.3 Å². The number of thiazole rings is 1. The Balaban J connectivity index is 1.67. The van der Waals surface area contributed by atoms with Crippen molar-refractivity contribution < 1.29 is 0 Å². The quantitative estimate of drug-likeness (QED) is 0.694. The normalized spacial score (nSPS) is 15.3. The molecule has 2 N–H and O–H groups in total. The SMILES string of the molecule is CN(C(N)=NCc1csc(-c2ccccc2)n1)C1CC1. The third kappa shape index (κ3) is 2.99. The van der Waals surface area contributed by atoms with Gasteiger partial charge >= 0.3 is 0 Å². The van der Waals surface area contributed by atoms with Gasteiger partial charge in [-0.15, -0.1) is 11.3 Å². The lowest BCUT2D eigenvalue weighted by Gasteiger charge is -2.16. The zero-order valence-electron chi connectivity index (χ0n) is 11.5. The lowest BCUT2D eigenvalue weighted by molar-refractivity contribution is 0.487. The van der Waals surface area contributed by atoms with Crippen molar-refractivity contribution >= 4 is 17.3 Å². The Bertz CT molecular complexity index is 601. The maximum absolute atomic E-state index is 5.98. The Labute approximate surface area is 123 Å². The van der Waals surface area contributed by atoms with E-state index in [2.05, 4.69) is 32.4 Å². The number of aliphatic imine (C=N–C) groups is 1. The van der Waals surface area contributed by atoms with E-state index < -0.39 is 0 Å². The second-order valence-corrected chi connectivity index (χ2v) is 5.88. The highest BCUT2D eigenvalue weighted by Gasteiger charge is 2.27. The predicted octanol–water partition coefficient (Wildman–Crippen LogP) is 2.72. The summed E-state index contributed by atoms with van der Waals surface area (Å²) in [6.45, 7) is 0.548. The third-order valence-electron chi connectivity index (χ3n) is 3.43. The summed E-state index contributed by atoms with van der Waals surface area (Å²) in [6, 6.07) is 10.8. The summed E-state index contributed by atoms with van der Waals surface area (Å²) in [6.07, 6.45) is 2.45. The molecule has 0 spiro atoms. The van der Waals surface area contributed by atoms with E-state index in [4.69, 9.17) is 5.73 Å². The molecule has 1 aromatic heterocycles. The maximum atomic E-state index is 5.98. The number of benzene rings is 1. The van der Waals surface area contributed by atoms with Crippen LogP contribution in [0.1, 0.15) is 18.5 Å². The fraction of sp³-hybridized carbons (Fsp3) is 0.333. The van der Waals surface area contributed by atoms with Crippen molar-refractivity contribution in [1.29, 1.82) is 0 Å². The number of aromatic nitrogens is 1. The Morgan fingerprint density at radius 2 is 2.15 bits per heavy atom. The molecule has 3 rings (SSSR count). The summed E-state index contributed by atoms with van der Waals surface area (Å²) in [5.41, 5.74) is 8.10. The molecule has 1 aliphatic carbocycles. The van der Waals surface area contributed by atoms with Crippen LogP contribution in [0.4, 0.5) is 0 Å². The summed E-state index contributed by atoms with van der Waals surface area (Å²) in [7, 11) is 2.01. The summed E-state index contributed by atoms with van der Waals surface area (Å²) in [5.74, 6) is 0.613. The molecule has 0 unspecified atom stereocenters. The van der Waals surface area contributed by atoms with Gasteiger partial charge in [0.2, 0.25) is 0 Å². The van der Waals surface area contributed by atoms with Crippen LogP contribution in [0.3, 0.4) is 0 Å². The molecule has 0 bridgehead atoms. The number of guanidine groups is 1. The number of hydrogen-bond acceptors (Lipinski definition) is 3. The van der Waals surface area contributed by atoms with Crippen LogP contribution < -0.4 is 5.73 Å². The number of nitrogens with two attached hydrogens (primary N) is 1. The molecule has 0 atom stereocenters. The van der Waals surface area contributed by atoms with Crippen LogP contribution >= 0.6 is 11.3 Å². The molecule has 4 nitrogen and oxygen atoms in total. The predicted molar refractivity (Wildman–Crippen MR) is 83.7 cm³/mol. The minimum absolute atomic E-state index is 0.548. The molecule has 1 aliphatic rings. The Kier molecular flexibility index (Phi) is 3.69. The lowest BCUT2D eigenvalue weighted by Crippen LogP contribution is -2.35. The topological polar surface area (TPSA) is 54.5 Å². The third-order valence-corrected chi connectivity index (χ3v) is 4.37. The summed E-state index contributed by atoms with van der Waals surface area (Å²) in [4.78, 5) is 11.1. The molecule has 0 amide bonds. The molecular weight excluding hydrogens is 268 g/mol. The van der Waals surface area contributed by atoms with Gasteiger partial charge in [-0.25, -0.2) is 9.98 Å². The van der Waals surface area contributed by atoms with Crippen molar-refractivity contribution in [3.8, 4) is 10.6 Å². The lowest BCUT2D eigenvalue weighted by atomic mass is 10.2. The van der Waals surface area contributed by atoms with Gasteiger partial charge in [0.05, 0.1) is 12.2 Å². The minimum Gasteiger partial charge on any atom is -0.370 e. The van der Waals surface area contributed by atoms with Gasteiger partial charge in [-0.1, -0.05) is 30.3 Å². The van der Waals surface area contributed by atoms with E-state index in [0.29, 0.717) is 18.5 Å². The minimum atomic E-state index is 0.548. The van der Waals surface area contributed by atoms with Gasteiger partial charge in [0.1, 0.15) is 5.01 Å². The molecule has 1 fully saturated rings. The van der Waals surface area contributed by atoms with Crippen molar-refractivity contribution in [3.05, 3.63) is 41.4 Å². The highest BCUT2D eigenvalue weighted by molar-refractivity contribution is 7.13. The van der Waals surface area contributed by atoms with Crippen LogP contribution in [-0.2, 0) is 6.54 Å². The van der Waals surface area contributed by atoms with Crippen LogP contribution in [0.15, 0.2) is 40.7 Å². The van der Waals surface area contributed by atoms with Crippen LogP contribution in [0.25, 0.3) is 10.6 Å². The molecule has 1 aromatic carbocycles. The monoisotopic (exact) mass is 286 g/mol. The Morgan fingerprint density at radius 1 is 1.40 bits per heavy atom. The van der Waals surface area contributed by atoms with E-state index in [1.807, 2.05) is 25.2 Å². The van der Waals surface area contributed by atoms with Crippen molar-refractivity contribution in [1.82, 2.24) is 9.88 Å². The van der Waals surface area contributed by atoms with Crippen LogP contribution in [-0.4, -0.2) is 28.9 Å². The first-order valence-corrected chi connectivity index (χ1v) is 7.64. The molecule has 1 heterocycles. The van der Waals surface area contributed by atoms with Crippen molar-refractivity contribution in [2.24, 2.45) is 10.7 Å². The molecule has 0 aliphatic heterocycles. The molecule has 0 saturated heterocycles. The zero-order chi connectivity index (χ0) is 13.9. The van der Waals surface area contributed by atoms with Gasteiger partial charge < -0.3 is 10.6 Å². The molecule has 5 heteroatoms. The van der Waals surface area contributed by atoms with E-state index in [-0.39, 0.29) is 0 Å². The molecule has 1 saturated carbocycles. The molecular formula is C15H18N4S. The van der Waals surface area contributed by atoms with Gasteiger partial charge in [-0.05, 0) is 12.8 Å². The van der Waals surface area contributed by atoms with Gasteiger partial charge in [0.25, 0.3) is 0 Å². The summed E-state index contributed by atoms with van der Waals surface area (Å²) < 4.78 is 0. The van der Waals surface area contributed by atoms with Crippen molar-refractivity contribution in [2.75, 3.05) is 7.05 Å². The average molecular weight is 286 g/mol. The Morgan fingerprint density at radius 3 is 2.85 bits per heavy atom. The van der Waals surface area contributed by atoms with E-state index in [0.717, 1.165) is 16.3 Å². The van der Waals surface area contributed by atoms with Crippen molar-refractivity contribution in [3.63, 3.8) is 0 Å². The number of rotatable bonds is 4. The fourth-order valence-electron chi connectivity index (χ4n) is 2.02. The number of hydrogen-bond donors (Lipinski definition) is 1. The number of nitrogens with zero attached hydrogens (tertiary/aromatic N) is 3. The standard InChI is InChI=1S/C15H18N4S/c1-19(13-7-8-13)15(16)17-9-12-10-20-14(18-12)11-5-3-2-4-6-11/h2-6,10,13H,7-9H2,1H3,(H2,16,17). The van der Waals surface area contributed by atoms with Gasteiger partial charge in [-0.3, -0.25) is 0 Å². The fourth-order valence-corrected chi connectivity index (χ4v) is 2.83. The average Bonchev–Trinajstić information content (AvgIpc) is 3.23. The second-order valence-electron chi connectivity index (χ2n) is 5.03. The first kappa shape index (κ1) is 13.1. The first-order valence-electron chi connectivity index (χ1n) is 6.76. The highest BCUT2D eigenvalue weighted by atomic mass is 32.1. The second kappa shape index (κ2) is 5.63. The smallest absolute Gasteiger partial charge is 0.191 e. The Hall–Kier alpha value is -1.88. The molecule has 2 aromatic rings. The van der Waals surface area contributed by atoms with Gasteiger partial charge in [-0.2, -0.15) is 0 Å². The highest BCUT2D eigenvalue weighted by Crippen LogP contribution is 2.25. The molecule has 0 radical (unpaired) electrons. The van der Waals surface area contributed by atoms with Gasteiger partial charge in [0, 0.05) is 24.0 Å². The molecule has 20 heavy (non-hydrogen) atoms.